The van der Waals surface area contributed by atoms with E-state index in [1.54, 1.807) is 32.3 Å². The first kappa shape index (κ1) is 21.8. The Kier molecular flexibility index (Phi) is 6.88. The second kappa shape index (κ2) is 9.77. The molecule has 0 aliphatic heterocycles. The number of amides is 3. The lowest BCUT2D eigenvalue weighted by molar-refractivity contribution is 0.100. The third-order valence-electron chi connectivity index (χ3n) is 4.23. The van der Waals surface area contributed by atoms with Gasteiger partial charge in [0.05, 0.1) is 16.3 Å². The molecule has 0 aliphatic rings. The summed E-state index contributed by atoms with van der Waals surface area (Å²) in [5, 5.41) is 9.26. The van der Waals surface area contributed by atoms with Crippen molar-refractivity contribution in [3.8, 4) is 0 Å². The molecule has 3 aromatic rings. The first-order chi connectivity index (χ1) is 14.8. The Hall–Kier alpha value is -3.85. The molecule has 1 heterocycles. The van der Waals surface area contributed by atoms with Crippen LogP contribution in [0.2, 0.25) is 5.02 Å². The zero-order valence-electron chi connectivity index (χ0n) is 17.0. The molecule has 0 saturated carbocycles. The van der Waals surface area contributed by atoms with Crippen LogP contribution in [0, 0.1) is 0 Å². The van der Waals surface area contributed by atoms with Crippen LogP contribution in [-0.2, 0) is 6.54 Å². The number of urea groups is 1. The molecule has 0 saturated heterocycles. The smallest absolute Gasteiger partial charge is 0.321 e. The van der Waals surface area contributed by atoms with E-state index >= 15 is 0 Å². The molecule has 0 fully saturated rings. The minimum absolute atomic E-state index is 0.177. The largest absolute Gasteiger partial charge is 0.365 e. The zero-order chi connectivity index (χ0) is 22.4. The molecule has 10 heteroatoms. The van der Waals surface area contributed by atoms with Crippen LogP contribution in [-0.4, -0.2) is 40.9 Å². The average Bonchev–Trinajstić information content (AvgIpc) is 2.75. The lowest BCUT2D eigenvalue weighted by Gasteiger charge is -2.15. The van der Waals surface area contributed by atoms with Crippen molar-refractivity contribution in [2.75, 3.05) is 30.0 Å². The Morgan fingerprint density at radius 3 is 2.55 bits per heavy atom. The van der Waals surface area contributed by atoms with E-state index in [9.17, 15) is 9.59 Å². The summed E-state index contributed by atoms with van der Waals surface area (Å²) < 4.78 is 0. The predicted molar refractivity (Wildman–Crippen MR) is 122 cm³/mol. The van der Waals surface area contributed by atoms with Crippen molar-refractivity contribution < 1.29 is 9.59 Å². The van der Waals surface area contributed by atoms with Crippen molar-refractivity contribution in [3.05, 3.63) is 70.9 Å². The fourth-order valence-electron chi connectivity index (χ4n) is 2.59. The normalized spacial score (nSPS) is 10.3. The number of nitrogens with two attached hydrogens (primary N) is 1. The van der Waals surface area contributed by atoms with E-state index in [1.807, 2.05) is 30.3 Å². The molecule has 2 aromatic carbocycles. The van der Waals surface area contributed by atoms with Crippen LogP contribution in [0.5, 0.6) is 0 Å². The van der Waals surface area contributed by atoms with Crippen LogP contribution < -0.4 is 21.7 Å². The number of halogens is 1. The van der Waals surface area contributed by atoms with Crippen LogP contribution in [0.25, 0.3) is 0 Å². The van der Waals surface area contributed by atoms with E-state index in [1.165, 1.54) is 11.1 Å². The summed E-state index contributed by atoms with van der Waals surface area (Å²) in [6.07, 6.45) is 1.36. The Morgan fingerprint density at radius 1 is 1.13 bits per heavy atom. The number of nitrogens with zero attached hydrogens (tertiary/aromatic N) is 3. The second-order valence-corrected chi connectivity index (χ2v) is 7.21. The average molecular weight is 440 g/mol. The highest BCUT2D eigenvalue weighted by Crippen LogP contribution is 2.27. The number of benzene rings is 2. The summed E-state index contributed by atoms with van der Waals surface area (Å²) >= 11 is 6.17. The van der Waals surface area contributed by atoms with Crippen LogP contribution in [0.4, 0.5) is 27.9 Å². The fourth-order valence-corrected chi connectivity index (χ4v) is 2.76. The quantitative estimate of drug-likeness (QED) is 0.445. The van der Waals surface area contributed by atoms with Crippen LogP contribution in [0.15, 0.2) is 54.7 Å². The van der Waals surface area contributed by atoms with Crippen LogP contribution in [0.1, 0.15) is 15.9 Å². The fraction of sp³-hybridized carbons (Fsp3) is 0.143. The predicted octanol–water partition coefficient (Wildman–Crippen LogP) is 3.68. The molecule has 0 aliphatic carbocycles. The van der Waals surface area contributed by atoms with Crippen molar-refractivity contribution in [1.82, 2.24) is 14.9 Å². The zero-order valence-corrected chi connectivity index (χ0v) is 17.8. The molecule has 0 atom stereocenters. The van der Waals surface area contributed by atoms with Gasteiger partial charge in [-0.15, -0.1) is 0 Å². The number of primary amides is 1. The van der Waals surface area contributed by atoms with E-state index in [0.29, 0.717) is 28.8 Å². The number of carbonyl (C=O) groups excluding carboxylic acids is 2. The van der Waals surface area contributed by atoms with E-state index in [-0.39, 0.29) is 17.5 Å². The lowest BCUT2D eigenvalue weighted by Crippen LogP contribution is -2.27. The summed E-state index contributed by atoms with van der Waals surface area (Å²) in [4.78, 5) is 33.6. The lowest BCUT2D eigenvalue weighted by atomic mass is 10.2. The molecule has 160 valence electrons. The minimum atomic E-state index is -0.637. The SMILES string of the molecule is CN(C)C(=O)Nc1cc(Nc2ncc(C(N)=O)c(NCc3ccccc3)n2)ccc1Cl. The van der Waals surface area contributed by atoms with E-state index in [0.717, 1.165) is 5.56 Å². The van der Waals surface area contributed by atoms with Crippen LogP contribution in [0.3, 0.4) is 0 Å². The summed E-state index contributed by atoms with van der Waals surface area (Å²) in [5.41, 5.74) is 7.68. The number of anilines is 4. The van der Waals surface area contributed by atoms with Crippen molar-refractivity contribution >= 4 is 46.7 Å². The van der Waals surface area contributed by atoms with Gasteiger partial charge in [0.1, 0.15) is 5.82 Å². The molecular weight excluding hydrogens is 418 g/mol. The van der Waals surface area contributed by atoms with Gasteiger partial charge >= 0.3 is 6.03 Å². The molecule has 0 bridgehead atoms. The minimum Gasteiger partial charge on any atom is -0.365 e. The highest BCUT2D eigenvalue weighted by atomic mass is 35.5. The third-order valence-corrected chi connectivity index (χ3v) is 4.56. The second-order valence-electron chi connectivity index (χ2n) is 6.80. The molecule has 0 spiro atoms. The first-order valence-electron chi connectivity index (χ1n) is 9.33. The Labute approximate surface area is 184 Å². The molecule has 5 N–H and O–H groups in total. The molecule has 9 nitrogen and oxygen atoms in total. The van der Waals surface area contributed by atoms with Crippen LogP contribution >= 0.6 is 11.6 Å². The maximum atomic E-state index is 11.9. The van der Waals surface area contributed by atoms with Gasteiger partial charge in [-0.25, -0.2) is 9.78 Å². The van der Waals surface area contributed by atoms with Gasteiger partial charge in [-0.3, -0.25) is 4.79 Å². The first-order valence-corrected chi connectivity index (χ1v) is 9.71. The molecular formula is C21H22ClN7O2. The van der Waals surface area contributed by atoms with Crippen molar-refractivity contribution in [2.45, 2.75) is 6.54 Å². The Balaban J connectivity index is 1.81. The molecule has 0 radical (unpaired) electrons. The van der Waals surface area contributed by atoms with Gasteiger partial charge in [0.15, 0.2) is 0 Å². The van der Waals surface area contributed by atoms with Gasteiger partial charge in [0.2, 0.25) is 5.95 Å². The Bertz CT molecular complexity index is 1090. The Morgan fingerprint density at radius 2 is 1.87 bits per heavy atom. The number of carbonyl (C=O) groups is 2. The molecule has 31 heavy (non-hydrogen) atoms. The number of nitrogens with one attached hydrogen (secondary N) is 3. The summed E-state index contributed by atoms with van der Waals surface area (Å²) in [5.74, 6) is -0.0843. The maximum Gasteiger partial charge on any atom is 0.321 e. The third kappa shape index (κ3) is 5.83. The van der Waals surface area contributed by atoms with E-state index < -0.39 is 5.91 Å². The summed E-state index contributed by atoms with van der Waals surface area (Å²) in [6, 6.07) is 14.4. The highest BCUT2D eigenvalue weighted by molar-refractivity contribution is 6.33. The van der Waals surface area contributed by atoms with Crippen molar-refractivity contribution in [1.29, 1.82) is 0 Å². The summed E-state index contributed by atoms with van der Waals surface area (Å²) in [7, 11) is 3.26. The number of hydrogen-bond acceptors (Lipinski definition) is 6. The number of aromatic nitrogens is 2. The number of hydrogen-bond donors (Lipinski definition) is 4. The van der Waals surface area contributed by atoms with Crippen molar-refractivity contribution in [3.63, 3.8) is 0 Å². The summed E-state index contributed by atoms with van der Waals surface area (Å²) in [6.45, 7) is 0.458. The highest BCUT2D eigenvalue weighted by Gasteiger charge is 2.13. The van der Waals surface area contributed by atoms with Crippen molar-refractivity contribution in [2.24, 2.45) is 5.73 Å². The van der Waals surface area contributed by atoms with Gasteiger partial charge in [-0.1, -0.05) is 41.9 Å². The van der Waals surface area contributed by atoms with Gasteiger partial charge in [-0.05, 0) is 23.8 Å². The maximum absolute atomic E-state index is 11.9. The molecule has 3 amide bonds. The molecule has 3 rings (SSSR count). The van der Waals surface area contributed by atoms with Gasteiger partial charge in [0, 0.05) is 32.5 Å². The number of rotatable bonds is 7. The molecule has 0 unspecified atom stereocenters. The van der Waals surface area contributed by atoms with E-state index in [2.05, 4.69) is 25.9 Å². The molecule has 1 aromatic heterocycles. The topological polar surface area (TPSA) is 125 Å². The standard InChI is InChI=1S/C21H22ClN7O2/c1-29(2)21(31)27-17-10-14(8-9-16(17)22)26-20-25-12-15(18(23)30)19(28-20)24-11-13-6-4-3-5-7-13/h3-10,12H,11H2,1-2H3,(H2,23,30)(H,27,31)(H2,24,25,26,28). The van der Waals surface area contributed by atoms with Gasteiger partial charge in [0.25, 0.3) is 5.91 Å². The van der Waals surface area contributed by atoms with Gasteiger partial charge in [-0.2, -0.15) is 4.98 Å². The monoisotopic (exact) mass is 439 g/mol. The van der Waals surface area contributed by atoms with E-state index in [4.69, 9.17) is 17.3 Å². The van der Waals surface area contributed by atoms with Gasteiger partial charge < -0.3 is 26.6 Å².